The van der Waals surface area contributed by atoms with Crippen LogP contribution in [0, 0.1) is 5.92 Å². The van der Waals surface area contributed by atoms with Crippen LogP contribution in [0.15, 0.2) is 0 Å². The fourth-order valence-corrected chi connectivity index (χ4v) is 1.93. The summed E-state index contributed by atoms with van der Waals surface area (Å²) in [7, 11) is 1.32. The highest BCUT2D eigenvalue weighted by atomic mass is 16.5. The van der Waals surface area contributed by atoms with Crippen molar-refractivity contribution in [2.75, 3.05) is 7.11 Å². The van der Waals surface area contributed by atoms with Crippen LogP contribution in [0.25, 0.3) is 0 Å². The first-order valence-electron chi connectivity index (χ1n) is 5.53. The van der Waals surface area contributed by atoms with Crippen LogP contribution in [0.3, 0.4) is 0 Å². The van der Waals surface area contributed by atoms with Gasteiger partial charge in [0, 0.05) is 5.92 Å². The summed E-state index contributed by atoms with van der Waals surface area (Å²) in [4.78, 5) is 22.8. The molecule has 1 saturated carbocycles. The van der Waals surface area contributed by atoms with Gasteiger partial charge in [-0.2, -0.15) is 0 Å². The predicted octanol–water partition coefficient (Wildman–Crippen LogP) is 1.24. The molecule has 4 heteroatoms. The maximum atomic E-state index is 11.7. The minimum absolute atomic E-state index is 0.00685. The molecule has 86 valence electrons. The van der Waals surface area contributed by atoms with Gasteiger partial charge in [0.2, 0.25) is 5.91 Å². The summed E-state index contributed by atoms with van der Waals surface area (Å²) < 4.78 is 4.55. The van der Waals surface area contributed by atoms with E-state index in [1.54, 1.807) is 6.92 Å². The summed E-state index contributed by atoms with van der Waals surface area (Å²) in [5, 5.41) is 2.69. The van der Waals surface area contributed by atoms with Crippen molar-refractivity contribution in [1.82, 2.24) is 5.32 Å². The molecule has 0 radical (unpaired) electrons. The molecule has 1 aliphatic rings. The average molecular weight is 213 g/mol. The Hall–Kier alpha value is -1.06. The molecule has 0 saturated heterocycles. The van der Waals surface area contributed by atoms with Crippen LogP contribution in [-0.4, -0.2) is 25.0 Å². The Balaban J connectivity index is 2.36. The quantitative estimate of drug-likeness (QED) is 0.718. The molecule has 1 atom stereocenters. The molecule has 0 bridgehead atoms. The van der Waals surface area contributed by atoms with Gasteiger partial charge >= 0.3 is 5.97 Å². The molecule has 0 spiro atoms. The lowest BCUT2D eigenvalue weighted by molar-refractivity contribution is -0.145. The summed E-state index contributed by atoms with van der Waals surface area (Å²) in [5.41, 5.74) is 0. The van der Waals surface area contributed by atoms with Gasteiger partial charge in [0.25, 0.3) is 0 Å². The highest BCUT2D eigenvalue weighted by Gasteiger charge is 2.24. The molecule has 0 aromatic heterocycles. The minimum atomic E-state index is -0.538. The number of methoxy groups -OCH3 is 1. The largest absolute Gasteiger partial charge is 0.467 e. The van der Waals surface area contributed by atoms with Crippen molar-refractivity contribution >= 4 is 11.9 Å². The maximum Gasteiger partial charge on any atom is 0.328 e. The Morgan fingerprint density at radius 2 is 1.87 bits per heavy atom. The molecule has 1 fully saturated rings. The van der Waals surface area contributed by atoms with Crippen molar-refractivity contribution in [3.8, 4) is 0 Å². The van der Waals surface area contributed by atoms with Crippen LogP contribution in [0.4, 0.5) is 0 Å². The second-order valence-electron chi connectivity index (χ2n) is 4.09. The standard InChI is InChI=1S/C11H19NO3/c1-8(11(14)15-2)12-10(13)9-6-4-3-5-7-9/h8-9H,3-7H2,1-2H3,(H,12,13)/t8-/m0/s1. The van der Waals surface area contributed by atoms with Crippen molar-refractivity contribution in [1.29, 1.82) is 0 Å². The Morgan fingerprint density at radius 3 is 2.40 bits per heavy atom. The smallest absolute Gasteiger partial charge is 0.328 e. The van der Waals surface area contributed by atoms with E-state index in [1.807, 2.05) is 0 Å². The summed E-state index contributed by atoms with van der Waals surface area (Å²) in [6.45, 7) is 1.65. The third-order valence-electron chi connectivity index (χ3n) is 2.89. The van der Waals surface area contributed by atoms with E-state index >= 15 is 0 Å². The number of rotatable bonds is 3. The highest BCUT2D eigenvalue weighted by molar-refractivity contribution is 5.85. The van der Waals surface area contributed by atoms with Crippen LogP contribution in [0.1, 0.15) is 39.0 Å². The van der Waals surface area contributed by atoms with Crippen LogP contribution in [-0.2, 0) is 14.3 Å². The Morgan fingerprint density at radius 1 is 1.27 bits per heavy atom. The molecule has 0 unspecified atom stereocenters. The van der Waals surface area contributed by atoms with Gasteiger partial charge in [-0.25, -0.2) is 4.79 Å². The van der Waals surface area contributed by atoms with Crippen molar-refractivity contribution in [3.05, 3.63) is 0 Å². The molecule has 0 aromatic carbocycles. The molecule has 1 rings (SSSR count). The van der Waals surface area contributed by atoms with E-state index < -0.39 is 6.04 Å². The first kappa shape index (κ1) is 12.0. The number of carbonyl (C=O) groups excluding carboxylic acids is 2. The molecule has 15 heavy (non-hydrogen) atoms. The van der Waals surface area contributed by atoms with Gasteiger partial charge in [0.05, 0.1) is 7.11 Å². The van der Waals surface area contributed by atoms with Gasteiger partial charge in [-0.1, -0.05) is 19.3 Å². The zero-order valence-electron chi connectivity index (χ0n) is 9.41. The van der Waals surface area contributed by atoms with E-state index in [0.29, 0.717) is 0 Å². The van der Waals surface area contributed by atoms with Gasteiger partial charge in [0.15, 0.2) is 0 Å². The molecule has 4 nitrogen and oxygen atoms in total. The van der Waals surface area contributed by atoms with Gasteiger partial charge in [0.1, 0.15) is 6.04 Å². The van der Waals surface area contributed by atoms with Gasteiger partial charge in [-0.3, -0.25) is 4.79 Å². The molecule has 1 aliphatic carbocycles. The minimum Gasteiger partial charge on any atom is -0.467 e. The SMILES string of the molecule is COC(=O)[C@H](C)NC(=O)C1CCCCC1. The topological polar surface area (TPSA) is 55.4 Å². The lowest BCUT2D eigenvalue weighted by Gasteiger charge is -2.22. The summed E-state index contributed by atoms with van der Waals surface area (Å²) in [6.07, 6.45) is 5.34. The van der Waals surface area contributed by atoms with E-state index in [1.165, 1.54) is 13.5 Å². The zero-order valence-corrected chi connectivity index (χ0v) is 9.41. The Labute approximate surface area is 90.4 Å². The third kappa shape index (κ3) is 3.53. The van der Waals surface area contributed by atoms with Crippen molar-refractivity contribution < 1.29 is 14.3 Å². The van der Waals surface area contributed by atoms with Crippen molar-refractivity contribution in [2.45, 2.75) is 45.1 Å². The molecule has 0 aromatic rings. The van der Waals surface area contributed by atoms with Crippen molar-refractivity contribution in [3.63, 3.8) is 0 Å². The number of hydrogen-bond acceptors (Lipinski definition) is 3. The molecular weight excluding hydrogens is 194 g/mol. The fraction of sp³-hybridized carbons (Fsp3) is 0.818. The lowest BCUT2D eigenvalue weighted by Crippen LogP contribution is -2.42. The zero-order chi connectivity index (χ0) is 11.3. The summed E-state index contributed by atoms with van der Waals surface area (Å²) >= 11 is 0. The molecule has 1 N–H and O–H groups in total. The van der Waals surface area contributed by atoms with Crippen LogP contribution in [0.2, 0.25) is 0 Å². The van der Waals surface area contributed by atoms with E-state index in [2.05, 4.69) is 10.1 Å². The Bertz CT molecular complexity index is 234. The van der Waals surface area contributed by atoms with Gasteiger partial charge in [-0.05, 0) is 19.8 Å². The number of hydrogen-bond donors (Lipinski definition) is 1. The molecule has 0 heterocycles. The molecule has 0 aliphatic heterocycles. The van der Waals surface area contributed by atoms with E-state index in [9.17, 15) is 9.59 Å². The van der Waals surface area contributed by atoms with Crippen LogP contribution < -0.4 is 5.32 Å². The normalized spacial score (nSPS) is 19.3. The average Bonchev–Trinajstić information content (AvgIpc) is 2.29. The number of esters is 1. The van der Waals surface area contributed by atoms with Gasteiger partial charge < -0.3 is 10.1 Å². The number of nitrogens with one attached hydrogen (secondary N) is 1. The lowest BCUT2D eigenvalue weighted by atomic mass is 9.88. The summed E-state index contributed by atoms with van der Waals surface area (Å²) in [5.74, 6) is -0.308. The van der Waals surface area contributed by atoms with Crippen molar-refractivity contribution in [2.24, 2.45) is 5.92 Å². The van der Waals surface area contributed by atoms with Gasteiger partial charge in [-0.15, -0.1) is 0 Å². The van der Waals surface area contributed by atoms with Crippen LogP contribution in [0.5, 0.6) is 0 Å². The van der Waals surface area contributed by atoms with E-state index in [-0.39, 0.29) is 17.8 Å². The predicted molar refractivity (Wildman–Crippen MR) is 56.2 cm³/mol. The van der Waals surface area contributed by atoms with E-state index in [0.717, 1.165) is 25.7 Å². The maximum absolute atomic E-state index is 11.7. The third-order valence-corrected chi connectivity index (χ3v) is 2.89. The molecule has 1 amide bonds. The molecular formula is C11H19NO3. The first-order valence-corrected chi connectivity index (χ1v) is 5.53. The summed E-state index contributed by atoms with van der Waals surface area (Å²) in [6, 6.07) is -0.538. The fourth-order valence-electron chi connectivity index (χ4n) is 1.93. The number of amides is 1. The number of ether oxygens (including phenoxy) is 1. The first-order chi connectivity index (χ1) is 7.15. The Kier molecular flexibility index (Phi) is 4.59. The van der Waals surface area contributed by atoms with E-state index in [4.69, 9.17) is 0 Å². The second kappa shape index (κ2) is 5.73. The monoisotopic (exact) mass is 213 g/mol. The second-order valence-corrected chi connectivity index (χ2v) is 4.09. The number of carbonyl (C=O) groups is 2. The highest BCUT2D eigenvalue weighted by Crippen LogP contribution is 2.23. The van der Waals surface area contributed by atoms with Crippen LogP contribution >= 0.6 is 0 Å².